The molecule has 127 heavy (non-hydrogen) atoms. The smallest absolute Gasteiger partial charge is 0.352 e. The highest BCUT2D eigenvalue weighted by Crippen LogP contribution is 2.45. The summed E-state index contributed by atoms with van der Waals surface area (Å²) in [5.41, 5.74) is 21.6. The molecule has 2 aliphatic heterocycles. The van der Waals surface area contributed by atoms with E-state index >= 15 is 0 Å². The van der Waals surface area contributed by atoms with Crippen LogP contribution < -0.4 is 28.6 Å². The minimum absolute atomic E-state index is 0.0413. The number of benzene rings is 9. The van der Waals surface area contributed by atoms with Crippen LogP contribution in [-0.4, -0.2) is 117 Å². The largest absolute Gasteiger partial charge is 0.494 e. The Kier molecular flexibility index (Phi) is 27.8. The van der Waals surface area contributed by atoms with Crippen molar-refractivity contribution < 1.29 is 51.6 Å². The summed E-state index contributed by atoms with van der Waals surface area (Å²) in [5.74, 6) is 1.74. The average Bonchev–Trinajstić information content (AvgIpc) is 1.58. The number of carboxylic acid groups (broad SMARTS) is 1. The molecule has 0 spiro atoms. The van der Waals surface area contributed by atoms with Gasteiger partial charge in [-0.15, -0.1) is 0 Å². The van der Waals surface area contributed by atoms with Crippen LogP contribution in [0.1, 0.15) is 140 Å². The highest BCUT2D eigenvalue weighted by molar-refractivity contribution is 7.90. The second-order valence-electron chi connectivity index (χ2n) is 32.6. The van der Waals surface area contributed by atoms with Gasteiger partial charge in [0, 0.05) is 156 Å². The van der Waals surface area contributed by atoms with E-state index in [9.17, 15) is 32.7 Å². The van der Waals surface area contributed by atoms with Gasteiger partial charge in [-0.05, 0) is 250 Å². The number of pyridine rings is 2. The van der Waals surface area contributed by atoms with Gasteiger partial charge in [-0.3, -0.25) is 29.0 Å². The lowest BCUT2D eigenvalue weighted by Gasteiger charge is -2.35. The summed E-state index contributed by atoms with van der Waals surface area (Å²) in [4.78, 5) is 64.1. The number of piperazine rings is 1. The molecule has 1 fully saturated rings. The second-order valence-corrected chi connectivity index (χ2v) is 35.4. The van der Waals surface area contributed by atoms with E-state index in [-0.39, 0.29) is 28.9 Å². The average molecular weight is 1780 g/mol. The van der Waals surface area contributed by atoms with Gasteiger partial charge in [0.1, 0.15) is 41.0 Å². The number of nitrogens with one attached hydrogen (secondary N) is 1. The van der Waals surface area contributed by atoms with Crippen molar-refractivity contribution in [3.05, 3.63) is 317 Å². The third kappa shape index (κ3) is 19.7. The Morgan fingerprint density at radius 2 is 1.16 bits per heavy atom. The molecule has 9 aromatic carbocycles. The van der Waals surface area contributed by atoms with Crippen LogP contribution in [0.15, 0.2) is 223 Å². The summed E-state index contributed by atoms with van der Waals surface area (Å²) in [6.45, 7) is 21.0. The van der Waals surface area contributed by atoms with Gasteiger partial charge < -0.3 is 43.0 Å². The minimum Gasteiger partial charge on any atom is -0.494 e. The van der Waals surface area contributed by atoms with E-state index in [0.717, 1.165) is 222 Å². The maximum absolute atomic E-state index is 13.6. The van der Waals surface area contributed by atoms with Crippen molar-refractivity contribution in [2.45, 2.75) is 138 Å². The Morgan fingerprint density at radius 3 is 1.82 bits per heavy atom. The lowest BCUT2D eigenvalue weighted by molar-refractivity contribution is -0.129. The fraction of sp³-hybridized carbons (Fsp3) is 0.272. The number of para-hydroxylation sites is 1. The van der Waals surface area contributed by atoms with Crippen molar-refractivity contribution >= 4 is 112 Å². The van der Waals surface area contributed by atoms with Crippen LogP contribution >= 0.6 is 34.8 Å². The summed E-state index contributed by atoms with van der Waals surface area (Å²) < 4.78 is 59.0. The first-order valence-electron chi connectivity index (χ1n) is 42.9. The summed E-state index contributed by atoms with van der Waals surface area (Å²) in [5, 5.41) is 22.3. The molecule has 7 heterocycles. The Bertz CT molecular complexity index is 6600. The van der Waals surface area contributed by atoms with Crippen molar-refractivity contribution in [2.24, 2.45) is 7.05 Å². The number of sulfonamides is 1. The third-order valence-electron chi connectivity index (χ3n) is 24.1. The molecule has 2 amide bonds. The van der Waals surface area contributed by atoms with E-state index < -0.39 is 21.9 Å². The van der Waals surface area contributed by atoms with Crippen LogP contribution in [0, 0.1) is 41.5 Å². The number of hydrogen-bond donors (Lipinski definition) is 2. The molecule has 2 N–H and O–H groups in total. The van der Waals surface area contributed by atoms with E-state index in [1.807, 2.05) is 184 Å². The third-order valence-corrected chi connectivity index (χ3v) is 27.0. The number of carbonyl (C=O) groups excluding carboxylic acids is 3. The van der Waals surface area contributed by atoms with Gasteiger partial charge in [0.2, 0.25) is 5.91 Å². The van der Waals surface area contributed by atoms with E-state index in [4.69, 9.17) is 58.8 Å². The molecule has 652 valence electrons. The maximum Gasteiger partial charge on any atom is 0.352 e. The molecular formula is C103H102Cl3N9O11S. The Labute approximate surface area is 755 Å². The number of amides is 2. The number of allylic oxidation sites excluding steroid dienone is 1. The molecule has 0 bridgehead atoms. The number of anilines is 1. The zero-order valence-corrected chi connectivity index (χ0v) is 75.9. The number of aromatic carboxylic acids is 1. The molecule has 1 saturated heterocycles. The number of ketones is 1. The zero-order valence-electron chi connectivity index (χ0n) is 72.8. The number of carbonyl (C=O) groups is 4. The van der Waals surface area contributed by atoms with Crippen LogP contribution in [0.4, 0.5) is 5.69 Å². The lowest BCUT2D eigenvalue weighted by Crippen LogP contribution is -2.48. The molecule has 20 nitrogen and oxygen atoms in total. The topological polar surface area (TPSA) is 232 Å². The fourth-order valence-corrected chi connectivity index (χ4v) is 19.4. The first-order chi connectivity index (χ1) is 61.3. The van der Waals surface area contributed by atoms with Crippen LogP contribution in [0.25, 0.3) is 60.4 Å². The molecule has 24 heteroatoms. The van der Waals surface area contributed by atoms with E-state index in [0.29, 0.717) is 77.1 Å². The molecular weight excluding hydrogens is 1680 g/mol. The predicted octanol–water partition coefficient (Wildman–Crippen LogP) is 21.6. The Morgan fingerprint density at radius 1 is 0.559 bits per heavy atom. The number of rotatable bonds is 28. The first-order valence-corrected chi connectivity index (χ1v) is 45.6. The van der Waals surface area contributed by atoms with Crippen molar-refractivity contribution in [3.8, 4) is 45.3 Å². The van der Waals surface area contributed by atoms with E-state index in [1.54, 1.807) is 50.6 Å². The van der Waals surface area contributed by atoms with Crippen LogP contribution in [0.2, 0.25) is 15.1 Å². The predicted molar refractivity (Wildman–Crippen MR) is 505 cm³/mol. The fourth-order valence-electron chi connectivity index (χ4n) is 17.9. The molecule has 0 saturated carbocycles. The van der Waals surface area contributed by atoms with Gasteiger partial charge in [-0.1, -0.05) is 144 Å². The van der Waals surface area contributed by atoms with Gasteiger partial charge in [0.25, 0.3) is 15.9 Å². The van der Waals surface area contributed by atoms with Crippen molar-refractivity contribution in [1.29, 1.82) is 0 Å². The molecule has 17 rings (SSSR count). The molecule has 0 unspecified atom stereocenters. The van der Waals surface area contributed by atoms with Gasteiger partial charge in [0.15, 0.2) is 5.78 Å². The van der Waals surface area contributed by atoms with Gasteiger partial charge in [0.05, 0.1) is 41.4 Å². The van der Waals surface area contributed by atoms with Crippen molar-refractivity contribution in [2.75, 3.05) is 50.9 Å². The van der Waals surface area contributed by atoms with Gasteiger partial charge in [-0.25, -0.2) is 17.9 Å². The number of aromatic nitrogens is 6. The van der Waals surface area contributed by atoms with Gasteiger partial charge >= 0.3 is 5.97 Å². The highest BCUT2D eigenvalue weighted by atomic mass is 35.5. The quantitative estimate of drug-likeness (QED) is 0.0343. The number of Topliss-reactive ketones (excluding diaryl/α,β-unsaturated/α-hetero) is 1. The summed E-state index contributed by atoms with van der Waals surface area (Å²) in [6.07, 6.45) is 11.5. The number of hydrogen-bond acceptors (Lipinski definition) is 14. The summed E-state index contributed by atoms with van der Waals surface area (Å²) >= 11 is 19.0. The molecule has 5 aromatic heterocycles. The number of nitrogens with zero attached hydrogens (tertiary/aromatic N) is 8. The zero-order chi connectivity index (χ0) is 89.3. The number of halogens is 3. The highest BCUT2D eigenvalue weighted by Gasteiger charge is 2.33. The molecule has 1 aliphatic carbocycles. The molecule has 3 aliphatic rings. The Hall–Kier alpha value is -12.5. The summed E-state index contributed by atoms with van der Waals surface area (Å²) in [6, 6.07) is 61.7. The normalized spacial score (nSPS) is 13.0. The number of ether oxygens (including phenoxy) is 4. The van der Waals surface area contributed by atoms with Gasteiger partial charge in [-0.2, -0.15) is 5.10 Å². The Balaban J connectivity index is 0.000000155. The first kappa shape index (κ1) is 89.3. The lowest BCUT2D eigenvalue weighted by atomic mass is 9.93. The van der Waals surface area contributed by atoms with Crippen molar-refractivity contribution in [3.63, 3.8) is 0 Å². The molecule has 0 radical (unpaired) electrons. The summed E-state index contributed by atoms with van der Waals surface area (Å²) in [7, 11) is -2.11. The second kappa shape index (κ2) is 39.6. The monoisotopic (exact) mass is 1780 g/mol. The van der Waals surface area contributed by atoms with E-state index in [2.05, 4.69) is 66.6 Å². The minimum atomic E-state index is -4.03. The molecule has 0 atom stereocenters. The van der Waals surface area contributed by atoms with Crippen LogP contribution in [-0.2, 0) is 72.0 Å². The SMILES string of the molecule is CC(=O)N1CCN(c2ccc(OCc3nn(C)c(C)c3-c3cccc4c(CCCOc5cccc6ccccc56)c(C(=O)O)n(Cc5cccnc5)c34)cc2)CC1.CC(=O)c1c(CCCOc2cc(C)c(Cl)c(C)c2)c2ccc(Cl)c3c2n1CCC3.Cc1cc(OCCCC2=C(C(=O)NS(=O)(=O)c3ccccc3)Cc3c2cccc3-c2cccnc2C)cc(C)c1Cl. The number of fused-ring (bicyclic) bond motifs is 3. The van der Waals surface area contributed by atoms with Crippen molar-refractivity contribution in [1.82, 2.24) is 38.5 Å². The van der Waals surface area contributed by atoms with Crippen LogP contribution in [0.3, 0.4) is 0 Å². The van der Waals surface area contributed by atoms with Crippen LogP contribution in [0.5, 0.6) is 23.0 Å². The van der Waals surface area contributed by atoms with E-state index in [1.165, 1.54) is 17.7 Å². The maximum atomic E-state index is 13.6. The molecule has 14 aromatic rings. The number of carboxylic acids is 1. The standard InChI is InChI=1S/C46H46N6O5.C33H31ClN2O4S.C24H25Cl2NO2/c1-31-43(41(48-49(31)3)30-57-36-20-18-35(19-21-36)51-25-23-50(24-26-51)32(2)53)40-15-7-14-38-39(16-9-27-56-42-17-6-12-34-11-4-5-13-37(34)42)45(46(54)55)52(44(38)40)29-33-10-8-22-47-28-33;1-21-18-24(19-22(2)32(21)34)40-17-9-15-29-28-13-7-12-27(26-14-8-16-35-23(26)3)30(28)20-31(29)33(37)36-41(38,39)25-10-5-4-6-11-25;1-14-12-17(13-15(2)22(14)26)29-11-5-7-18-19-8-9-21(25)20-6-4-10-27(24(19)20)23(18)16(3)28/h4-8,10-15,17-22,28H,9,16,23-27,29-30H2,1-3H3,(H,54,55);4-8,10-14,16,18-19H,9,15,17,20H2,1-3H3,(H,36,37);8-9,12-13H,4-7,10-11H2,1-3H3. The number of aryl methyl sites for hydroxylation is 10.